The number of halogens is 2. The Morgan fingerprint density at radius 1 is 0.962 bits per heavy atom. The number of carbonyl (C=O) groups is 1. The number of nitrogens with zero attached hydrogens (tertiary/aromatic N) is 5. The molecule has 1 N–H and O–H groups in total. The van der Waals surface area contributed by atoms with Gasteiger partial charge in [0.15, 0.2) is 0 Å². The topological polar surface area (TPSA) is 136 Å². The Labute approximate surface area is 302 Å². The molecule has 2 saturated heterocycles. The highest BCUT2D eigenvalue weighted by Crippen LogP contribution is 2.37. The Morgan fingerprint density at radius 3 is 2.37 bits per heavy atom. The van der Waals surface area contributed by atoms with Gasteiger partial charge in [-0.3, -0.25) is 4.72 Å². The molecule has 0 aliphatic carbocycles. The van der Waals surface area contributed by atoms with Crippen molar-refractivity contribution in [3.8, 4) is 22.8 Å². The predicted octanol–water partition coefficient (Wildman–Crippen LogP) is 6.58. The van der Waals surface area contributed by atoms with E-state index in [1.54, 1.807) is 0 Å². The first-order valence-corrected chi connectivity index (χ1v) is 18.8. The third-order valence-electron chi connectivity index (χ3n) is 9.32. The number of piperidine rings is 2. The second-order valence-corrected chi connectivity index (χ2v) is 16.0. The first kappa shape index (κ1) is 37.1. The Bertz CT molecular complexity index is 2040. The van der Waals surface area contributed by atoms with E-state index < -0.39 is 32.2 Å². The lowest BCUT2D eigenvalue weighted by atomic mass is 9.95. The van der Waals surface area contributed by atoms with E-state index in [0.717, 1.165) is 68.5 Å². The Morgan fingerprint density at radius 2 is 1.69 bits per heavy atom. The summed E-state index contributed by atoms with van der Waals surface area (Å²) in [6.45, 7) is 11.7. The maximum absolute atomic E-state index is 14.5. The molecule has 4 heterocycles. The molecule has 15 heteroatoms. The van der Waals surface area contributed by atoms with Crippen molar-refractivity contribution >= 4 is 32.7 Å². The van der Waals surface area contributed by atoms with E-state index in [0.29, 0.717) is 47.5 Å². The Hall–Kier alpha value is -4.63. The van der Waals surface area contributed by atoms with Crippen molar-refractivity contribution in [2.45, 2.75) is 70.0 Å². The van der Waals surface area contributed by atoms with Crippen molar-refractivity contribution in [2.24, 2.45) is 5.92 Å². The summed E-state index contributed by atoms with van der Waals surface area (Å²) >= 11 is 0. The van der Waals surface area contributed by atoms with Crippen LogP contribution in [0.15, 0.2) is 53.8 Å². The zero-order valence-corrected chi connectivity index (χ0v) is 30.8. The van der Waals surface area contributed by atoms with E-state index in [9.17, 15) is 22.0 Å². The normalized spacial score (nSPS) is 16.6. The number of hydrogen-bond acceptors (Lipinski definition) is 10. The molecule has 2 aliphatic heterocycles. The SMILES string of the molecule is COc1ncc(-c2cc(OC3CCN(CC4CCN(C(=O)OC(C)(C)C)CC4)CC3)c3ncnc(C)c3c2)cc1NS(=O)(=O)c1ccc(F)cc1F. The van der Waals surface area contributed by atoms with E-state index in [1.807, 2.05) is 44.7 Å². The third-order valence-corrected chi connectivity index (χ3v) is 10.7. The number of amides is 1. The van der Waals surface area contributed by atoms with Gasteiger partial charge >= 0.3 is 6.09 Å². The number of pyridine rings is 1. The number of nitrogens with one attached hydrogen (secondary N) is 1. The third kappa shape index (κ3) is 8.69. The molecule has 1 amide bonds. The van der Waals surface area contributed by atoms with Crippen LogP contribution in [0.2, 0.25) is 0 Å². The molecule has 0 bridgehead atoms. The monoisotopic (exact) mass is 738 g/mol. The number of likely N-dealkylation sites (tertiary alicyclic amines) is 2. The molecular formula is C37H44F2N6O6S. The van der Waals surface area contributed by atoms with Crippen LogP contribution in [-0.2, 0) is 14.8 Å². The van der Waals surface area contributed by atoms with Gasteiger partial charge in [-0.1, -0.05) is 0 Å². The molecule has 12 nitrogen and oxygen atoms in total. The molecule has 0 radical (unpaired) electrons. The predicted molar refractivity (Wildman–Crippen MR) is 192 cm³/mol. The summed E-state index contributed by atoms with van der Waals surface area (Å²) in [7, 11) is -3.13. The van der Waals surface area contributed by atoms with Gasteiger partial charge in [0.25, 0.3) is 10.0 Å². The molecule has 2 aromatic heterocycles. The molecule has 0 unspecified atom stereocenters. The summed E-state index contributed by atoms with van der Waals surface area (Å²) in [4.78, 5) is 29.3. The van der Waals surface area contributed by atoms with Crippen LogP contribution in [0.5, 0.6) is 11.6 Å². The van der Waals surface area contributed by atoms with Crippen LogP contribution in [0, 0.1) is 24.5 Å². The van der Waals surface area contributed by atoms with Crippen LogP contribution in [0.4, 0.5) is 19.3 Å². The summed E-state index contributed by atoms with van der Waals surface area (Å²) in [6.07, 6.45) is 6.27. The van der Waals surface area contributed by atoms with E-state index in [1.165, 1.54) is 25.7 Å². The fourth-order valence-corrected chi connectivity index (χ4v) is 7.74. The average Bonchev–Trinajstić information content (AvgIpc) is 3.08. The molecular weight excluding hydrogens is 695 g/mol. The van der Waals surface area contributed by atoms with Crippen LogP contribution in [0.3, 0.4) is 0 Å². The molecule has 278 valence electrons. The van der Waals surface area contributed by atoms with Gasteiger partial charge < -0.3 is 24.0 Å². The van der Waals surface area contributed by atoms with Crippen molar-refractivity contribution < 1.29 is 36.2 Å². The lowest BCUT2D eigenvalue weighted by Crippen LogP contribution is -2.45. The van der Waals surface area contributed by atoms with Crippen molar-refractivity contribution in [3.63, 3.8) is 0 Å². The summed E-state index contributed by atoms with van der Waals surface area (Å²) < 4.78 is 74.1. The molecule has 6 rings (SSSR count). The highest BCUT2D eigenvalue weighted by molar-refractivity contribution is 7.92. The number of carbonyl (C=O) groups excluding carboxylic acids is 1. The molecule has 52 heavy (non-hydrogen) atoms. The highest BCUT2D eigenvalue weighted by Gasteiger charge is 2.30. The van der Waals surface area contributed by atoms with Gasteiger partial charge in [-0.2, -0.15) is 0 Å². The standard InChI is InChI=1S/C37H44F2N6O6S/c1-23-29-16-25(26-17-31(35(49-5)40-20-26)43-52(47,48)33-7-6-27(38)19-30(33)39)18-32(34(29)42-22-41-23)50-28-10-12-44(13-11-28)21-24-8-14-45(15-9-24)36(46)51-37(2,3)4/h6-7,16-20,22,24,28,43H,8-15,21H2,1-5H3. The number of fused-ring (bicyclic) bond motifs is 1. The lowest BCUT2D eigenvalue weighted by molar-refractivity contribution is 0.0156. The molecule has 0 spiro atoms. The minimum absolute atomic E-state index is 0.0322. The minimum Gasteiger partial charge on any atom is -0.488 e. The summed E-state index contributed by atoms with van der Waals surface area (Å²) in [5.74, 6) is -1.08. The second-order valence-electron chi connectivity index (χ2n) is 14.3. The molecule has 0 atom stereocenters. The number of aromatic nitrogens is 3. The number of aryl methyl sites for hydroxylation is 1. The van der Waals surface area contributed by atoms with Gasteiger partial charge in [0, 0.05) is 61.6 Å². The first-order valence-electron chi connectivity index (χ1n) is 17.3. The largest absolute Gasteiger partial charge is 0.488 e. The summed E-state index contributed by atoms with van der Waals surface area (Å²) in [5, 5.41) is 0.761. The Balaban J connectivity index is 1.16. The quantitative estimate of drug-likeness (QED) is 0.201. The van der Waals surface area contributed by atoms with Crippen LogP contribution in [-0.4, -0.2) is 90.8 Å². The molecule has 0 saturated carbocycles. The molecule has 2 fully saturated rings. The number of sulfonamides is 1. The van der Waals surface area contributed by atoms with Gasteiger partial charge in [-0.25, -0.2) is 36.9 Å². The number of benzene rings is 2. The number of ether oxygens (including phenoxy) is 3. The van der Waals surface area contributed by atoms with Crippen molar-refractivity contribution in [1.82, 2.24) is 24.8 Å². The average molecular weight is 739 g/mol. The van der Waals surface area contributed by atoms with Crippen molar-refractivity contribution in [1.29, 1.82) is 0 Å². The molecule has 4 aromatic rings. The fourth-order valence-electron chi connectivity index (χ4n) is 6.63. The first-order chi connectivity index (χ1) is 24.7. The van der Waals surface area contributed by atoms with E-state index in [-0.39, 0.29) is 23.8 Å². The van der Waals surface area contributed by atoms with Crippen LogP contribution < -0.4 is 14.2 Å². The van der Waals surface area contributed by atoms with E-state index in [4.69, 9.17) is 14.2 Å². The highest BCUT2D eigenvalue weighted by atomic mass is 32.2. The molecule has 2 aromatic carbocycles. The number of rotatable bonds is 9. The minimum atomic E-state index is -4.47. The zero-order valence-electron chi connectivity index (χ0n) is 30.0. The van der Waals surface area contributed by atoms with Gasteiger partial charge in [0.1, 0.15) is 51.5 Å². The van der Waals surface area contributed by atoms with Gasteiger partial charge in [-0.15, -0.1) is 0 Å². The maximum Gasteiger partial charge on any atom is 0.410 e. The number of anilines is 1. The van der Waals surface area contributed by atoms with Crippen molar-refractivity contribution in [3.05, 3.63) is 66.3 Å². The van der Waals surface area contributed by atoms with E-state index in [2.05, 4.69) is 24.6 Å². The van der Waals surface area contributed by atoms with Gasteiger partial charge in [-0.05, 0) is 95.2 Å². The van der Waals surface area contributed by atoms with Crippen LogP contribution in [0.1, 0.15) is 52.1 Å². The Kier molecular flexibility index (Phi) is 10.8. The number of hydrogen-bond donors (Lipinski definition) is 1. The maximum atomic E-state index is 14.5. The second kappa shape index (κ2) is 15.2. The fraction of sp³-hybridized carbons (Fsp3) is 0.459. The summed E-state index contributed by atoms with van der Waals surface area (Å²) in [6, 6.07) is 7.49. The van der Waals surface area contributed by atoms with Crippen LogP contribution >= 0.6 is 0 Å². The zero-order chi connectivity index (χ0) is 37.2. The van der Waals surface area contributed by atoms with Gasteiger partial charge in [0.05, 0.1) is 7.11 Å². The van der Waals surface area contributed by atoms with Crippen LogP contribution in [0.25, 0.3) is 22.0 Å². The van der Waals surface area contributed by atoms with Gasteiger partial charge in [0.2, 0.25) is 5.88 Å². The smallest absolute Gasteiger partial charge is 0.410 e. The number of methoxy groups -OCH3 is 1. The van der Waals surface area contributed by atoms with E-state index >= 15 is 0 Å². The lowest BCUT2D eigenvalue weighted by Gasteiger charge is -2.38. The molecule has 2 aliphatic rings. The van der Waals surface area contributed by atoms with Crippen molar-refractivity contribution in [2.75, 3.05) is 44.6 Å². The summed E-state index contributed by atoms with van der Waals surface area (Å²) in [5.41, 5.74) is 2.05.